The molecule has 162 valence electrons. The third kappa shape index (κ3) is 4.81. The topological polar surface area (TPSA) is 103 Å². The van der Waals surface area contributed by atoms with Gasteiger partial charge in [0.15, 0.2) is 0 Å². The summed E-state index contributed by atoms with van der Waals surface area (Å²) in [7, 11) is 1.65. The molecular weight excluding hydrogens is 392 g/mol. The van der Waals surface area contributed by atoms with Gasteiger partial charge in [-0.15, -0.1) is 0 Å². The van der Waals surface area contributed by atoms with Gasteiger partial charge in [-0.1, -0.05) is 13.0 Å². The number of carbonyl (C=O) groups is 1. The van der Waals surface area contributed by atoms with E-state index in [1.54, 1.807) is 13.1 Å². The van der Waals surface area contributed by atoms with E-state index in [-0.39, 0.29) is 11.5 Å². The summed E-state index contributed by atoms with van der Waals surface area (Å²) < 4.78 is 0. The number of hydrogen-bond donors (Lipinski definition) is 3. The lowest BCUT2D eigenvalue weighted by Crippen LogP contribution is -2.34. The first-order valence-electron chi connectivity index (χ1n) is 10.7. The van der Waals surface area contributed by atoms with E-state index in [2.05, 4.69) is 30.7 Å². The second-order valence-corrected chi connectivity index (χ2v) is 7.98. The van der Waals surface area contributed by atoms with Crippen molar-refractivity contribution in [3.05, 3.63) is 69.4 Å². The van der Waals surface area contributed by atoms with Crippen LogP contribution >= 0.6 is 0 Å². The van der Waals surface area contributed by atoms with E-state index in [0.29, 0.717) is 18.0 Å². The highest BCUT2D eigenvalue weighted by Crippen LogP contribution is 2.28. The zero-order valence-corrected chi connectivity index (χ0v) is 17.9. The smallest absolute Gasteiger partial charge is 0.283 e. The molecular formula is C23H28N6O2. The minimum Gasteiger partial charge on any atom is -0.320 e. The van der Waals surface area contributed by atoms with Crippen LogP contribution in [0, 0.1) is 0 Å². The molecule has 1 aliphatic rings. The van der Waals surface area contributed by atoms with Gasteiger partial charge in [-0.25, -0.2) is 5.43 Å². The molecule has 4 rings (SSSR count). The van der Waals surface area contributed by atoms with E-state index >= 15 is 0 Å². The van der Waals surface area contributed by atoms with Gasteiger partial charge in [0.25, 0.3) is 11.5 Å². The van der Waals surface area contributed by atoms with Crippen LogP contribution in [-0.4, -0.2) is 45.9 Å². The summed E-state index contributed by atoms with van der Waals surface area (Å²) >= 11 is 0. The fraction of sp³-hybridized carbons (Fsp3) is 0.391. The van der Waals surface area contributed by atoms with Gasteiger partial charge in [0, 0.05) is 31.5 Å². The molecule has 0 bridgehead atoms. The fourth-order valence-electron chi connectivity index (χ4n) is 4.16. The monoisotopic (exact) mass is 420 g/mol. The van der Waals surface area contributed by atoms with Crippen LogP contribution in [-0.2, 0) is 13.0 Å². The Morgan fingerprint density at radius 2 is 2.00 bits per heavy atom. The number of hydrogen-bond acceptors (Lipinski definition) is 6. The van der Waals surface area contributed by atoms with E-state index in [1.807, 2.05) is 37.5 Å². The number of pyridine rings is 3. The maximum atomic E-state index is 12.1. The normalized spacial score (nSPS) is 15.3. The predicted octanol–water partition coefficient (Wildman–Crippen LogP) is 2.12. The number of aromatic nitrogens is 3. The number of fused-ring (bicyclic) bond motifs is 1. The van der Waals surface area contributed by atoms with E-state index < -0.39 is 0 Å². The first-order valence-corrected chi connectivity index (χ1v) is 10.7. The summed E-state index contributed by atoms with van der Waals surface area (Å²) in [5.74, 6) is 0.212. The Kier molecular flexibility index (Phi) is 6.39. The van der Waals surface area contributed by atoms with Gasteiger partial charge < -0.3 is 4.98 Å². The molecule has 3 N–H and O–H groups in total. The molecule has 31 heavy (non-hydrogen) atoms. The van der Waals surface area contributed by atoms with Crippen LogP contribution in [0.3, 0.4) is 0 Å². The number of nitrogens with one attached hydrogen (secondary N) is 3. The quantitative estimate of drug-likeness (QED) is 0.528. The van der Waals surface area contributed by atoms with Crippen LogP contribution in [0.15, 0.2) is 41.5 Å². The SMILES string of the molecule is CCc1cc2ncc(CN3CCC(c4ccc(C(=O)NNC)nc4)CC3)cc2[nH]c1=O. The minimum absolute atomic E-state index is 0.0298. The van der Waals surface area contributed by atoms with Crippen LogP contribution in [0.1, 0.15) is 52.9 Å². The highest BCUT2D eigenvalue weighted by Gasteiger charge is 2.21. The molecule has 0 unspecified atom stereocenters. The van der Waals surface area contributed by atoms with Gasteiger partial charge >= 0.3 is 0 Å². The first kappa shape index (κ1) is 21.1. The molecule has 0 atom stereocenters. The first-order chi connectivity index (χ1) is 15.1. The molecule has 8 heteroatoms. The Hall–Kier alpha value is -3.10. The van der Waals surface area contributed by atoms with Crippen LogP contribution in [0.2, 0.25) is 0 Å². The van der Waals surface area contributed by atoms with Crippen molar-refractivity contribution in [3.63, 3.8) is 0 Å². The van der Waals surface area contributed by atoms with E-state index in [9.17, 15) is 9.59 Å². The number of piperidine rings is 1. The molecule has 4 heterocycles. The molecule has 0 spiro atoms. The number of aromatic amines is 1. The molecule has 1 amide bonds. The Morgan fingerprint density at radius 1 is 1.19 bits per heavy atom. The molecule has 3 aromatic rings. The standard InChI is InChI=1S/C23H28N6O2/c1-3-16-11-20-21(27-22(16)30)10-15(12-25-20)14-29-8-6-17(7-9-29)18-4-5-19(26-13-18)23(31)28-24-2/h4-5,10-13,17,24H,3,6-9,14H2,1-2H3,(H,27,30)(H,28,31). The van der Waals surface area contributed by atoms with E-state index in [4.69, 9.17) is 0 Å². The van der Waals surface area contributed by atoms with Gasteiger partial charge in [-0.3, -0.25) is 29.9 Å². The van der Waals surface area contributed by atoms with Gasteiger partial charge in [-0.05, 0) is 67.6 Å². The predicted molar refractivity (Wildman–Crippen MR) is 120 cm³/mol. The number of H-pyrrole nitrogens is 1. The van der Waals surface area contributed by atoms with Crippen LogP contribution in [0.5, 0.6) is 0 Å². The third-order valence-corrected chi connectivity index (χ3v) is 5.93. The Morgan fingerprint density at radius 3 is 2.68 bits per heavy atom. The molecule has 0 aliphatic carbocycles. The molecule has 1 saturated heterocycles. The largest absolute Gasteiger partial charge is 0.320 e. The Labute approximate surface area is 181 Å². The Balaban J connectivity index is 1.37. The van der Waals surface area contributed by atoms with Crippen molar-refractivity contribution >= 4 is 16.9 Å². The van der Waals surface area contributed by atoms with Gasteiger partial charge in [-0.2, -0.15) is 0 Å². The van der Waals surface area contributed by atoms with Crippen molar-refractivity contribution in [2.75, 3.05) is 20.1 Å². The lowest BCUT2D eigenvalue weighted by atomic mass is 9.90. The molecule has 0 radical (unpaired) electrons. The molecule has 0 saturated carbocycles. The summed E-state index contributed by atoms with van der Waals surface area (Å²) in [4.78, 5) is 38.2. The average molecular weight is 421 g/mol. The molecule has 1 fully saturated rings. The number of rotatable bonds is 6. The molecule has 8 nitrogen and oxygen atoms in total. The summed E-state index contributed by atoms with van der Waals surface area (Å²) in [6, 6.07) is 7.70. The van der Waals surface area contributed by atoms with Crippen LogP contribution in [0.25, 0.3) is 11.0 Å². The van der Waals surface area contributed by atoms with Gasteiger partial charge in [0.2, 0.25) is 0 Å². The van der Waals surface area contributed by atoms with Crippen molar-refractivity contribution in [2.45, 2.75) is 38.6 Å². The summed E-state index contributed by atoms with van der Waals surface area (Å²) in [5.41, 5.74) is 10.2. The average Bonchev–Trinajstić information content (AvgIpc) is 2.79. The highest BCUT2D eigenvalue weighted by atomic mass is 16.2. The van der Waals surface area contributed by atoms with Crippen LogP contribution < -0.4 is 16.4 Å². The second-order valence-electron chi connectivity index (χ2n) is 7.98. The Bertz CT molecular complexity index is 1120. The fourth-order valence-corrected chi connectivity index (χ4v) is 4.16. The maximum Gasteiger partial charge on any atom is 0.283 e. The van der Waals surface area contributed by atoms with Gasteiger partial charge in [0.1, 0.15) is 5.69 Å². The lowest BCUT2D eigenvalue weighted by Gasteiger charge is -2.32. The van der Waals surface area contributed by atoms with Crippen molar-refractivity contribution in [2.24, 2.45) is 0 Å². The lowest BCUT2D eigenvalue weighted by molar-refractivity contribution is 0.0933. The molecule has 3 aromatic heterocycles. The van der Waals surface area contributed by atoms with Gasteiger partial charge in [0.05, 0.1) is 11.0 Å². The number of likely N-dealkylation sites (tertiary alicyclic amines) is 1. The van der Waals surface area contributed by atoms with E-state index in [0.717, 1.165) is 54.6 Å². The molecule has 0 aromatic carbocycles. The zero-order valence-electron chi connectivity index (χ0n) is 17.9. The van der Waals surface area contributed by atoms with E-state index in [1.165, 1.54) is 5.56 Å². The minimum atomic E-state index is -0.236. The van der Waals surface area contributed by atoms with Crippen molar-refractivity contribution < 1.29 is 4.79 Å². The second kappa shape index (κ2) is 9.36. The summed E-state index contributed by atoms with van der Waals surface area (Å²) in [6.45, 7) is 4.75. The number of nitrogens with zero attached hydrogens (tertiary/aromatic N) is 3. The zero-order chi connectivity index (χ0) is 21.8. The molecule has 1 aliphatic heterocycles. The third-order valence-electron chi connectivity index (χ3n) is 5.93. The van der Waals surface area contributed by atoms with Crippen molar-refractivity contribution in [3.8, 4) is 0 Å². The van der Waals surface area contributed by atoms with Crippen molar-refractivity contribution in [1.82, 2.24) is 30.7 Å². The summed E-state index contributed by atoms with van der Waals surface area (Å²) in [6.07, 6.45) is 6.51. The highest BCUT2D eigenvalue weighted by molar-refractivity contribution is 5.91. The number of carbonyl (C=O) groups excluding carboxylic acids is 1. The number of amides is 1. The maximum absolute atomic E-state index is 12.1. The number of hydrazine groups is 1. The summed E-state index contributed by atoms with van der Waals surface area (Å²) in [5, 5.41) is 0. The number of aryl methyl sites for hydroxylation is 1. The van der Waals surface area contributed by atoms with Crippen LogP contribution in [0.4, 0.5) is 0 Å². The van der Waals surface area contributed by atoms with Crippen molar-refractivity contribution in [1.29, 1.82) is 0 Å².